The van der Waals surface area contributed by atoms with Crippen LogP contribution in [0.3, 0.4) is 0 Å². The van der Waals surface area contributed by atoms with Gasteiger partial charge in [-0.2, -0.15) is 16.4 Å². The largest absolute Gasteiger partial charge is 0.387 e. The Morgan fingerprint density at radius 1 is 1.50 bits per heavy atom. The molecule has 20 heavy (non-hydrogen) atoms. The molecule has 0 aromatic carbocycles. The highest BCUT2D eigenvalue weighted by atomic mass is 32.2. The number of nitrogens with zero attached hydrogens (tertiary/aromatic N) is 2. The molecule has 0 spiro atoms. The first-order chi connectivity index (χ1) is 9.33. The van der Waals surface area contributed by atoms with Crippen LogP contribution in [0.4, 0.5) is 0 Å². The van der Waals surface area contributed by atoms with Crippen molar-refractivity contribution in [3.8, 4) is 0 Å². The Labute approximate surface area is 122 Å². The Bertz CT molecular complexity index is 690. The van der Waals surface area contributed by atoms with Crippen molar-refractivity contribution in [3.63, 3.8) is 0 Å². The summed E-state index contributed by atoms with van der Waals surface area (Å²) in [7, 11) is -1.98. The van der Waals surface area contributed by atoms with E-state index in [4.69, 9.17) is 0 Å². The minimum absolute atomic E-state index is 0.0627. The second kappa shape index (κ2) is 5.65. The maximum Gasteiger partial charge on any atom is 0.244 e. The molecule has 6 nitrogen and oxygen atoms in total. The van der Waals surface area contributed by atoms with Gasteiger partial charge in [0.25, 0.3) is 0 Å². The first-order valence-electron chi connectivity index (χ1n) is 6.03. The number of aryl methyl sites for hydroxylation is 2. The molecule has 0 saturated carbocycles. The van der Waals surface area contributed by atoms with Crippen LogP contribution in [0.25, 0.3) is 0 Å². The monoisotopic (exact) mass is 315 g/mol. The number of nitrogens with one attached hydrogen (secondary N) is 1. The first kappa shape index (κ1) is 15.2. The number of aromatic nitrogens is 2. The molecule has 0 radical (unpaired) electrons. The zero-order chi connectivity index (χ0) is 14.9. The maximum atomic E-state index is 12.3. The Kier molecular flexibility index (Phi) is 4.28. The molecule has 0 amide bonds. The fourth-order valence-corrected chi connectivity index (χ4v) is 4.17. The summed E-state index contributed by atoms with van der Waals surface area (Å²) < 4.78 is 28.5. The Morgan fingerprint density at radius 2 is 2.20 bits per heavy atom. The Hall–Kier alpha value is -1.22. The van der Waals surface area contributed by atoms with Crippen LogP contribution in [-0.4, -0.2) is 29.8 Å². The summed E-state index contributed by atoms with van der Waals surface area (Å²) in [5.41, 5.74) is 1.72. The van der Waals surface area contributed by atoms with Gasteiger partial charge in [0.2, 0.25) is 10.0 Å². The minimum atomic E-state index is -3.68. The third-order valence-corrected chi connectivity index (χ3v) is 5.48. The summed E-state index contributed by atoms with van der Waals surface area (Å²) in [6.07, 6.45) is -0.853. The molecule has 0 aliphatic carbocycles. The second-order valence-electron chi connectivity index (χ2n) is 4.55. The molecule has 1 atom stereocenters. The standard InChI is InChI=1S/C12H17N3O3S2/c1-8-12(9(2)15(3)14-8)20(17,18)13-6-11(16)10-4-5-19-7-10/h4-5,7,11,13,16H,6H2,1-3H3. The van der Waals surface area contributed by atoms with E-state index >= 15 is 0 Å². The highest BCUT2D eigenvalue weighted by Gasteiger charge is 2.24. The van der Waals surface area contributed by atoms with E-state index in [1.165, 1.54) is 16.0 Å². The van der Waals surface area contributed by atoms with Crippen molar-refractivity contribution in [2.75, 3.05) is 6.54 Å². The molecule has 110 valence electrons. The van der Waals surface area contributed by atoms with Crippen molar-refractivity contribution in [2.45, 2.75) is 24.8 Å². The van der Waals surface area contributed by atoms with Crippen LogP contribution in [0, 0.1) is 13.8 Å². The zero-order valence-electron chi connectivity index (χ0n) is 11.5. The molecule has 2 N–H and O–H groups in total. The van der Waals surface area contributed by atoms with Gasteiger partial charge in [0, 0.05) is 13.6 Å². The van der Waals surface area contributed by atoms with Gasteiger partial charge in [-0.15, -0.1) is 0 Å². The highest BCUT2D eigenvalue weighted by Crippen LogP contribution is 2.20. The minimum Gasteiger partial charge on any atom is -0.387 e. The van der Waals surface area contributed by atoms with Gasteiger partial charge >= 0.3 is 0 Å². The normalized spacial score (nSPS) is 13.6. The Morgan fingerprint density at radius 3 is 2.70 bits per heavy atom. The molecular formula is C12H17N3O3S2. The lowest BCUT2D eigenvalue weighted by molar-refractivity contribution is 0.182. The van der Waals surface area contributed by atoms with E-state index < -0.39 is 16.1 Å². The zero-order valence-corrected chi connectivity index (χ0v) is 13.1. The lowest BCUT2D eigenvalue weighted by Gasteiger charge is -2.11. The van der Waals surface area contributed by atoms with Crippen LogP contribution in [0.1, 0.15) is 23.1 Å². The van der Waals surface area contributed by atoms with Crippen molar-refractivity contribution < 1.29 is 13.5 Å². The number of aliphatic hydroxyl groups is 1. The van der Waals surface area contributed by atoms with Crippen LogP contribution < -0.4 is 4.72 Å². The molecule has 2 rings (SSSR count). The summed E-state index contributed by atoms with van der Waals surface area (Å²) in [6.45, 7) is 3.29. The van der Waals surface area contributed by atoms with E-state index in [0.717, 1.165) is 0 Å². The third-order valence-electron chi connectivity index (χ3n) is 3.11. The predicted octanol–water partition coefficient (Wildman–Crippen LogP) is 1.11. The number of rotatable bonds is 5. The van der Waals surface area contributed by atoms with E-state index in [1.54, 1.807) is 32.3 Å². The fraction of sp³-hybridized carbons (Fsp3) is 0.417. The van der Waals surface area contributed by atoms with Crippen molar-refractivity contribution in [1.82, 2.24) is 14.5 Å². The number of thiophene rings is 1. The third kappa shape index (κ3) is 2.93. The lowest BCUT2D eigenvalue weighted by atomic mass is 10.2. The maximum absolute atomic E-state index is 12.3. The molecule has 0 bridgehead atoms. The topological polar surface area (TPSA) is 84.2 Å². The molecule has 2 aromatic heterocycles. The smallest absolute Gasteiger partial charge is 0.244 e. The summed E-state index contributed by atoms with van der Waals surface area (Å²) in [5.74, 6) is 0. The molecular weight excluding hydrogens is 298 g/mol. The van der Waals surface area contributed by atoms with E-state index in [0.29, 0.717) is 17.0 Å². The van der Waals surface area contributed by atoms with Gasteiger partial charge in [-0.3, -0.25) is 4.68 Å². The molecule has 1 unspecified atom stereocenters. The van der Waals surface area contributed by atoms with Gasteiger partial charge in [0.1, 0.15) is 4.90 Å². The van der Waals surface area contributed by atoms with Gasteiger partial charge in [0.05, 0.1) is 17.5 Å². The molecule has 0 fully saturated rings. The van der Waals surface area contributed by atoms with Crippen LogP contribution in [-0.2, 0) is 17.1 Å². The molecule has 8 heteroatoms. The predicted molar refractivity (Wildman–Crippen MR) is 77.1 cm³/mol. The van der Waals surface area contributed by atoms with Crippen molar-refractivity contribution in [3.05, 3.63) is 33.8 Å². The van der Waals surface area contributed by atoms with E-state index in [1.807, 2.05) is 5.38 Å². The average molecular weight is 315 g/mol. The van der Waals surface area contributed by atoms with Crippen LogP contribution in [0.5, 0.6) is 0 Å². The number of hydrogen-bond donors (Lipinski definition) is 2. The molecule has 0 aliphatic heterocycles. The Balaban J connectivity index is 2.16. The summed E-state index contributed by atoms with van der Waals surface area (Å²) in [4.78, 5) is 0.178. The lowest BCUT2D eigenvalue weighted by Crippen LogP contribution is -2.29. The second-order valence-corrected chi connectivity index (χ2v) is 7.03. The number of sulfonamides is 1. The van der Waals surface area contributed by atoms with Crippen LogP contribution >= 0.6 is 11.3 Å². The number of hydrogen-bond acceptors (Lipinski definition) is 5. The highest BCUT2D eigenvalue weighted by molar-refractivity contribution is 7.89. The molecule has 0 saturated heterocycles. The van der Waals surface area contributed by atoms with E-state index in [-0.39, 0.29) is 11.4 Å². The van der Waals surface area contributed by atoms with Crippen LogP contribution in [0.15, 0.2) is 21.7 Å². The van der Waals surface area contributed by atoms with Gasteiger partial charge in [0.15, 0.2) is 0 Å². The van der Waals surface area contributed by atoms with E-state index in [9.17, 15) is 13.5 Å². The van der Waals surface area contributed by atoms with Gasteiger partial charge in [-0.05, 0) is 36.2 Å². The first-order valence-corrected chi connectivity index (χ1v) is 8.45. The molecule has 0 aliphatic rings. The summed E-state index contributed by atoms with van der Waals surface area (Å²) in [5, 5.41) is 17.6. The average Bonchev–Trinajstić information content (AvgIpc) is 2.96. The fourth-order valence-electron chi connectivity index (χ4n) is 1.99. The van der Waals surface area contributed by atoms with E-state index in [2.05, 4.69) is 9.82 Å². The number of aliphatic hydroxyl groups excluding tert-OH is 1. The molecule has 2 heterocycles. The quantitative estimate of drug-likeness (QED) is 0.865. The van der Waals surface area contributed by atoms with Gasteiger partial charge in [-0.25, -0.2) is 13.1 Å². The SMILES string of the molecule is Cc1nn(C)c(C)c1S(=O)(=O)NCC(O)c1ccsc1. The summed E-state index contributed by atoms with van der Waals surface area (Å²) >= 11 is 1.46. The van der Waals surface area contributed by atoms with Crippen molar-refractivity contribution in [2.24, 2.45) is 7.05 Å². The molecule has 2 aromatic rings. The van der Waals surface area contributed by atoms with Crippen molar-refractivity contribution >= 4 is 21.4 Å². The summed E-state index contributed by atoms with van der Waals surface area (Å²) in [6, 6.07) is 1.77. The van der Waals surface area contributed by atoms with Gasteiger partial charge < -0.3 is 5.11 Å². The van der Waals surface area contributed by atoms with Gasteiger partial charge in [-0.1, -0.05) is 0 Å². The van der Waals surface area contributed by atoms with Crippen molar-refractivity contribution in [1.29, 1.82) is 0 Å². The van der Waals surface area contributed by atoms with Crippen LogP contribution in [0.2, 0.25) is 0 Å².